The van der Waals surface area contributed by atoms with E-state index in [-0.39, 0.29) is 0 Å². The van der Waals surface area contributed by atoms with Crippen molar-refractivity contribution < 1.29 is 0 Å². The average molecular weight is 240 g/mol. The van der Waals surface area contributed by atoms with Crippen LogP contribution in [0.3, 0.4) is 0 Å². The van der Waals surface area contributed by atoms with Crippen molar-refractivity contribution >= 4 is 5.69 Å². The standard InChI is InChI=1S/C16H20N2/c17-13-15-8-10-16(11-9-15)18-12-4-7-14-5-2-1-3-6-14/h1-3,5-6,8-11,18H,4,7,12-13,17H2. The second-order valence-corrected chi connectivity index (χ2v) is 4.42. The van der Waals surface area contributed by atoms with Gasteiger partial charge in [0.1, 0.15) is 0 Å². The molecule has 0 aliphatic heterocycles. The largest absolute Gasteiger partial charge is 0.385 e. The minimum Gasteiger partial charge on any atom is -0.385 e. The van der Waals surface area contributed by atoms with Crippen molar-refractivity contribution in [1.29, 1.82) is 0 Å². The smallest absolute Gasteiger partial charge is 0.0340 e. The van der Waals surface area contributed by atoms with Gasteiger partial charge in [0.15, 0.2) is 0 Å². The molecule has 0 aromatic heterocycles. The SMILES string of the molecule is NCc1ccc(NCCCc2ccccc2)cc1. The Morgan fingerprint density at radius 1 is 0.833 bits per heavy atom. The van der Waals surface area contributed by atoms with Crippen LogP contribution in [0.15, 0.2) is 54.6 Å². The lowest BCUT2D eigenvalue weighted by Crippen LogP contribution is -2.03. The molecule has 0 aliphatic carbocycles. The molecule has 0 atom stereocenters. The number of nitrogens with one attached hydrogen (secondary N) is 1. The Morgan fingerprint density at radius 3 is 2.22 bits per heavy atom. The van der Waals surface area contributed by atoms with Crippen molar-refractivity contribution in [2.45, 2.75) is 19.4 Å². The molecule has 2 nitrogen and oxygen atoms in total. The quantitative estimate of drug-likeness (QED) is 0.761. The Labute approximate surface area is 109 Å². The fraction of sp³-hybridized carbons (Fsp3) is 0.250. The maximum Gasteiger partial charge on any atom is 0.0340 e. The van der Waals surface area contributed by atoms with Crippen LogP contribution in [0.4, 0.5) is 5.69 Å². The predicted octanol–water partition coefficient (Wildman–Crippen LogP) is 3.19. The molecule has 0 bridgehead atoms. The Balaban J connectivity index is 1.72. The highest BCUT2D eigenvalue weighted by molar-refractivity contribution is 5.44. The Morgan fingerprint density at radius 2 is 1.56 bits per heavy atom. The number of hydrogen-bond donors (Lipinski definition) is 2. The number of nitrogens with two attached hydrogens (primary N) is 1. The van der Waals surface area contributed by atoms with Crippen LogP contribution in [0.5, 0.6) is 0 Å². The summed E-state index contributed by atoms with van der Waals surface area (Å²) in [5.74, 6) is 0. The van der Waals surface area contributed by atoms with Crippen LogP contribution in [-0.2, 0) is 13.0 Å². The fourth-order valence-electron chi connectivity index (χ4n) is 1.93. The molecule has 3 N–H and O–H groups in total. The molecule has 18 heavy (non-hydrogen) atoms. The molecule has 2 rings (SSSR count). The monoisotopic (exact) mass is 240 g/mol. The molecule has 0 radical (unpaired) electrons. The second kappa shape index (κ2) is 6.82. The Kier molecular flexibility index (Phi) is 4.79. The van der Waals surface area contributed by atoms with Crippen LogP contribution >= 0.6 is 0 Å². The highest BCUT2D eigenvalue weighted by atomic mass is 14.9. The lowest BCUT2D eigenvalue weighted by Gasteiger charge is -2.07. The zero-order valence-corrected chi connectivity index (χ0v) is 10.6. The van der Waals surface area contributed by atoms with Crippen molar-refractivity contribution in [2.75, 3.05) is 11.9 Å². The third-order valence-electron chi connectivity index (χ3n) is 3.00. The predicted molar refractivity (Wildman–Crippen MR) is 77.6 cm³/mol. The van der Waals surface area contributed by atoms with E-state index < -0.39 is 0 Å². The van der Waals surface area contributed by atoms with Crippen LogP contribution in [0.1, 0.15) is 17.5 Å². The van der Waals surface area contributed by atoms with Crippen molar-refractivity contribution in [3.8, 4) is 0 Å². The summed E-state index contributed by atoms with van der Waals surface area (Å²) in [6, 6.07) is 18.9. The lowest BCUT2D eigenvalue weighted by molar-refractivity contribution is 0.863. The van der Waals surface area contributed by atoms with Crippen molar-refractivity contribution in [2.24, 2.45) is 5.73 Å². The van der Waals surface area contributed by atoms with Gasteiger partial charge in [-0.15, -0.1) is 0 Å². The summed E-state index contributed by atoms with van der Waals surface area (Å²) in [6.07, 6.45) is 2.26. The van der Waals surface area contributed by atoms with E-state index in [1.54, 1.807) is 0 Å². The van der Waals surface area contributed by atoms with Gasteiger partial charge in [0.25, 0.3) is 0 Å². The number of hydrogen-bond acceptors (Lipinski definition) is 2. The summed E-state index contributed by atoms with van der Waals surface area (Å²) in [4.78, 5) is 0. The average Bonchev–Trinajstić information content (AvgIpc) is 2.45. The summed E-state index contributed by atoms with van der Waals surface area (Å²) in [6.45, 7) is 1.60. The fourth-order valence-corrected chi connectivity index (χ4v) is 1.93. The third-order valence-corrected chi connectivity index (χ3v) is 3.00. The van der Waals surface area contributed by atoms with Gasteiger partial charge < -0.3 is 11.1 Å². The molecule has 2 aromatic carbocycles. The zero-order chi connectivity index (χ0) is 12.6. The first-order valence-electron chi connectivity index (χ1n) is 6.45. The molecule has 0 heterocycles. The van der Waals surface area contributed by atoms with Crippen LogP contribution in [-0.4, -0.2) is 6.54 Å². The van der Waals surface area contributed by atoms with Crippen LogP contribution in [0.25, 0.3) is 0 Å². The topological polar surface area (TPSA) is 38.0 Å². The summed E-state index contributed by atoms with van der Waals surface area (Å²) in [7, 11) is 0. The number of rotatable bonds is 6. The van der Waals surface area contributed by atoms with E-state index in [1.165, 1.54) is 16.8 Å². The molecular weight excluding hydrogens is 220 g/mol. The molecule has 0 saturated heterocycles. The minimum atomic E-state index is 0.605. The maximum absolute atomic E-state index is 5.57. The number of anilines is 1. The zero-order valence-electron chi connectivity index (χ0n) is 10.6. The number of benzene rings is 2. The van der Waals surface area contributed by atoms with Crippen LogP contribution in [0.2, 0.25) is 0 Å². The van der Waals surface area contributed by atoms with Crippen LogP contribution < -0.4 is 11.1 Å². The van der Waals surface area contributed by atoms with Gasteiger partial charge in [-0.2, -0.15) is 0 Å². The van der Waals surface area contributed by atoms with Gasteiger partial charge in [-0.1, -0.05) is 42.5 Å². The first-order chi connectivity index (χ1) is 8.88. The third kappa shape index (κ3) is 3.90. The van der Waals surface area contributed by atoms with Crippen molar-refractivity contribution in [3.05, 3.63) is 65.7 Å². The van der Waals surface area contributed by atoms with Gasteiger partial charge in [0.2, 0.25) is 0 Å². The van der Waals surface area contributed by atoms with E-state index in [0.717, 1.165) is 19.4 Å². The van der Waals surface area contributed by atoms with E-state index >= 15 is 0 Å². The number of aryl methyl sites for hydroxylation is 1. The summed E-state index contributed by atoms with van der Waals surface area (Å²) >= 11 is 0. The normalized spacial score (nSPS) is 10.3. The van der Waals surface area contributed by atoms with Gasteiger partial charge in [0, 0.05) is 18.8 Å². The molecule has 2 heteroatoms. The van der Waals surface area contributed by atoms with E-state index in [4.69, 9.17) is 5.73 Å². The van der Waals surface area contributed by atoms with E-state index in [0.29, 0.717) is 6.54 Å². The molecule has 2 aromatic rings. The van der Waals surface area contributed by atoms with Gasteiger partial charge in [0.05, 0.1) is 0 Å². The summed E-state index contributed by atoms with van der Waals surface area (Å²) < 4.78 is 0. The van der Waals surface area contributed by atoms with Gasteiger partial charge >= 0.3 is 0 Å². The van der Waals surface area contributed by atoms with Gasteiger partial charge in [-0.25, -0.2) is 0 Å². The van der Waals surface area contributed by atoms with E-state index in [2.05, 4.69) is 59.9 Å². The van der Waals surface area contributed by atoms with Gasteiger partial charge in [-0.3, -0.25) is 0 Å². The van der Waals surface area contributed by atoms with Gasteiger partial charge in [-0.05, 0) is 36.1 Å². The molecular formula is C16H20N2. The first-order valence-corrected chi connectivity index (χ1v) is 6.45. The summed E-state index contributed by atoms with van der Waals surface area (Å²) in [5.41, 5.74) is 9.30. The first kappa shape index (κ1) is 12.7. The molecule has 0 aliphatic rings. The Hall–Kier alpha value is -1.80. The molecule has 0 saturated carbocycles. The molecule has 0 spiro atoms. The molecule has 94 valence electrons. The van der Waals surface area contributed by atoms with E-state index in [1.807, 2.05) is 0 Å². The maximum atomic E-state index is 5.57. The molecule has 0 amide bonds. The van der Waals surface area contributed by atoms with E-state index in [9.17, 15) is 0 Å². The Bertz CT molecular complexity index is 448. The molecule has 0 fully saturated rings. The van der Waals surface area contributed by atoms with Crippen molar-refractivity contribution in [1.82, 2.24) is 0 Å². The molecule has 0 unspecified atom stereocenters. The van der Waals surface area contributed by atoms with Crippen LogP contribution in [0, 0.1) is 0 Å². The lowest BCUT2D eigenvalue weighted by atomic mass is 10.1. The van der Waals surface area contributed by atoms with Crippen molar-refractivity contribution in [3.63, 3.8) is 0 Å². The highest BCUT2D eigenvalue weighted by Crippen LogP contribution is 2.09. The highest BCUT2D eigenvalue weighted by Gasteiger charge is 1.94. The minimum absolute atomic E-state index is 0.605. The summed E-state index contributed by atoms with van der Waals surface area (Å²) in [5, 5.41) is 3.43. The second-order valence-electron chi connectivity index (χ2n) is 4.42.